The second kappa shape index (κ2) is 3.38. The predicted molar refractivity (Wildman–Crippen MR) is 42.8 cm³/mol. The molecule has 0 amide bonds. The van der Waals surface area contributed by atoms with Gasteiger partial charge in [-0.25, -0.2) is 0 Å². The van der Waals surface area contributed by atoms with E-state index in [1.54, 1.807) is 0 Å². The van der Waals surface area contributed by atoms with Gasteiger partial charge in [0.05, 0.1) is 0 Å². The first-order valence-corrected chi connectivity index (χ1v) is 3.35. The highest BCUT2D eigenvalue weighted by Crippen LogP contribution is 2.27. The van der Waals surface area contributed by atoms with E-state index in [0.717, 1.165) is 11.9 Å². The highest BCUT2D eigenvalue weighted by atomic mass is 16.1. The van der Waals surface area contributed by atoms with E-state index in [-0.39, 0.29) is 5.41 Å². The fourth-order valence-corrected chi connectivity index (χ4v) is 0.601. The van der Waals surface area contributed by atoms with Crippen LogP contribution in [0.25, 0.3) is 0 Å². The van der Waals surface area contributed by atoms with E-state index in [1.807, 2.05) is 20.8 Å². The summed E-state index contributed by atoms with van der Waals surface area (Å²) in [5.74, 6) is 0. The highest BCUT2D eigenvalue weighted by molar-refractivity contribution is 5.51. The lowest BCUT2D eigenvalue weighted by Gasteiger charge is -2.20. The number of aldehydes is 1. The molecule has 0 heterocycles. The van der Waals surface area contributed by atoms with Crippen molar-refractivity contribution in [2.24, 2.45) is 5.41 Å². The summed E-state index contributed by atoms with van der Waals surface area (Å²) in [7, 11) is 0. The van der Waals surface area contributed by atoms with Crippen molar-refractivity contribution in [3.05, 3.63) is 17.9 Å². The van der Waals surface area contributed by atoms with Gasteiger partial charge in [0.2, 0.25) is 0 Å². The number of allylic oxidation sites excluding steroid dienone is 1. The third-order valence-electron chi connectivity index (χ3n) is 1.87. The van der Waals surface area contributed by atoms with Crippen molar-refractivity contribution in [2.75, 3.05) is 0 Å². The summed E-state index contributed by atoms with van der Waals surface area (Å²) < 4.78 is 0. The van der Waals surface area contributed by atoms with Crippen LogP contribution in [0.3, 0.4) is 0 Å². The van der Waals surface area contributed by atoms with Crippen molar-refractivity contribution in [3.63, 3.8) is 0 Å². The maximum Gasteiger partial charge on any atom is 0.120 e. The summed E-state index contributed by atoms with van der Waals surface area (Å²) in [5, 5.41) is 0. The molecular formula is C9H14O. The molecule has 0 fully saturated rings. The summed E-state index contributed by atoms with van der Waals surface area (Å²) in [6, 6.07) is 0. The molecule has 0 spiro atoms. The van der Waals surface area contributed by atoms with Crippen LogP contribution in [0.15, 0.2) is 17.9 Å². The molecule has 10 heavy (non-hydrogen) atoms. The van der Waals surface area contributed by atoms with Crippen LogP contribution >= 0.6 is 0 Å². The normalized spacial score (nSPS) is 10.3. The monoisotopic (exact) mass is 138 g/mol. The van der Waals surface area contributed by atoms with Crippen molar-refractivity contribution in [3.8, 4) is 0 Å². The predicted octanol–water partition coefficient (Wildman–Crippen LogP) is 2.33. The first kappa shape index (κ1) is 9.19. The molecular weight excluding hydrogens is 124 g/mol. The second-order valence-corrected chi connectivity index (χ2v) is 3.06. The van der Waals surface area contributed by atoms with Crippen LogP contribution in [0, 0.1) is 5.41 Å². The number of hydrogen-bond donors (Lipinski definition) is 0. The standard InChI is InChI=1S/C9H14O/c1-5-8(2)9(3,4)6-7-10/h7H,1,6H2,2-4H3. The Kier molecular flexibility index (Phi) is 3.11. The van der Waals surface area contributed by atoms with Crippen LogP contribution in [0.5, 0.6) is 0 Å². The van der Waals surface area contributed by atoms with Crippen LogP contribution in [0.4, 0.5) is 0 Å². The lowest BCUT2D eigenvalue weighted by Crippen LogP contribution is -2.12. The number of carbonyl (C=O) groups excluding carboxylic acids is 1. The number of rotatable bonds is 3. The SMILES string of the molecule is C=C=C(C)C(C)(C)CC=O. The van der Waals surface area contributed by atoms with Crippen molar-refractivity contribution < 1.29 is 4.79 Å². The van der Waals surface area contributed by atoms with Crippen molar-refractivity contribution in [1.29, 1.82) is 0 Å². The zero-order valence-corrected chi connectivity index (χ0v) is 6.90. The minimum Gasteiger partial charge on any atom is -0.303 e. The largest absolute Gasteiger partial charge is 0.303 e. The third kappa shape index (κ3) is 2.20. The molecule has 0 saturated carbocycles. The zero-order chi connectivity index (χ0) is 8.20. The average molecular weight is 138 g/mol. The van der Waals surface area contributed by atoms with Gasteiger partial charge in [0.1, 0.15) is 6.29 Å². The van der Waals surface area contributed by atoms with Gasteiger partial charge >= 0.3 is 0 Å². The Hall–Kier alpha value is -0.810. The lowest BCUT2D eigenvalue weighted by atomic mass is 9.83. The lowest BCUT2D eigenvalue weighted by molar-refractivity contribution is -0.109. The van der Waals surface area contributed by atoms with Gasteiger partial charge in [0.15, 0.2) is 0 Å². The van der Waals surface area contributed by atoms with Crippen molar-refractivity contribution >= 4 is 6.29 Å². The van der Waals surface area contributed by atoms with E-state index in [9.17, 15) is 4.79 Å². The van der Waals surface area contributed by atoms with E-state index >= 15 is 0 Å². The number of carbonyl (C=O) groups is 1. The van der Waals surface area contributed by atoms with Gasteiger partial charge in [-0.1, -0.05) is 20.4 Å². The minimum atomic E-state index is -0.0660. The maximum absolute atomic E-state index is 10.2. The van der Waals surface area contributed by atoms with Crippen LogP contribution in [0.2, 0.25) is 0 Å². The molecule has 56 valence electrons. The molecule has 0 aliphatic heterocycles. The second-order valence-electron chi connectivity index (χ2n) is 3.06. The fourth-order valence-electron chi connectivity index (χ4n) is 0.601. The molecule has 0 rings (SSSR count). The van der Waals surface area contributed by atoms with E-state index < -0.39 is 0 Å². The quantitative estimate of drug-likeness (QED) is 0.432. The van der Waals surface area contributed by atoms with Crippen molar-refractivity contribution in [2.45, 2.75) is 27.2 Å². The maximum atomic E-state index is 10.2. The Morgan fingerprint density at radius 3 is 2.50 bits per heavy atom. The van der Waals surface area contributed by atoms with Gasteiger partial charge in [-0.3, -0.25) is 0 Å². The van der Waals surface area contributed by atoms with E-state index in [1.165, 1.54) is 0 Å². The van der Waals surface area contributed by atoms with Gasteiger partial charge in [-0.05, 0) is 17.9 Å². The van der Waals surface area contributed by atoms with Crippen LogP contribution in [0.1, 0.15) is 27.2 Å². The molecule has 0 radical (unpaired) electrons. The molecule has 0 aromatic carbocycles. The molecule has 0 N–H and O–H groups in total. The Morgan fingerprint density at radius 2 is 2.20 bits per heavy atom. The molecule has 0 unspecified atom stereocenters. The molecule has 0 bridgehead atoms. The summed E-state index contributed by atoms with van der Waals surface area (Å²) in [5.41, 5.74) is 3.77. The average Bonchev–Trinajstić information content (AvgIpc) is 1.86. The Balaban J connectivity index is 4.38. The van der Waals surface area contributed by atoms with Gasteiger partial charge in [-0.15, -0.1) is 5.73 Å². The molecule has 1 heteroatoms. The van der Waals surface area contributed by atoms with Gasteiger partial charge in [-0.2, -0.15) is 0 Å². The van der Waals surface area contributed by atoms with E-state index in [2.05, 4.69) is 12.3 Å². The first-order valence-electron chi connectivity index (χ1n) is 3.35. The highest BCUT2D eigenvalue weighted by Gasteiger charge is 2.18. The van der Waals surface area contributed by atoms with Gasteiger partial charge in [0, 0.05) is 6.42 Å². The third-order valence-corrected chi connectivity index (χ3v) is 1.87. The smallest absolute Gasteiger partial charge is 0.120 e. The molecule has 0 aliphatic rings. The van der Waals surface area contributed by atoms with Crippen LogP contribution in [-0.2, 0) is 4.79 Å². The Bertz CT molecular complexity index is 171. The minimum absolute atomic E-state index is 0.0660. The number of hydrogen-bond acceptors (Lipinski definition) is 1. The Labute approximate surface area is 62.4 Å². The first-order chi connectivity index (χ1) is 4.54. The van der Waals surface area contributed by atoms with Crippen LogP contribution < -0.4 is 0 Å². The molecule has 1 nitrogen and oxygen atoms in total. The van der Waals surface area contributed by atoms with Gasteiger partial charge < -0.3 is 4.79 Å². The summed E-state index contributed by atoms with van der Waals surface area (Å²) in [6.07, 6.45) is 1.47. The Morgan fingerprint density at radius 1 is 1.70 bits per heavy atom. The summed E-state index contributed by atoms with van der Waals surface area (Å²) in [6.45, 7) is 9.49. The molecule has 0 aromatic heterocycles. The fraction of sp³-hybridized carbons (Fsp3) is 0.556. The molecule has 0 atom stereocenters. The van der Waals surface area contributed by atoms with Crippen LogP contribution in [-0.4, -0.2) is 6.29 Å². The zero-order valence-electron chi connectivity index (χ0n) is 6.90. The topological polar surface area (TPSA) is 17.1 Å². The molecule has 0 saturated heterocycles. The van der Waals surface area contributed by atoms with Gasteiger partial charge in [0.25, 0.3) is 0 Å². The summed E-state index contributed by atoms with van der Waals surface area (Å²) in [4.78, 5) is 10.2. The van der Waals surface area contributed by atoms with E-state index in [4.69, 9.17) is 0 Å². The molecule has 0 aromatic rings. The van der Waals surface area contributed by atoms with Crippen molar-refractivity contribution in [1.82, 2.24) is 0 Å². The molecule has 0 aliphatic carbocycles. The summed E-state index contributed by atoms with van der Waals surface area (Å²) >= 11 is 0. The van der Waals surface area contributed by atoms with E-state index in [0.29, 0.717) is 6.42 Å².